The molecule has 1 aromatic carbocycles. The molecule has 0 aliphatic rings. The van der Waals surface area contributed by atoms with Crippen LogP contribution in [-0.4, -0.2) is 191 Å². The Morgan fingerprint density at radius 1 is 0.455 bits per heavy atom. The van der Waals surface area contributed by atoms with Crippen molar-refractivity contribution in [2.45, 2.75) is 19.8 Å². The predicted molar refractivity (Wildman–Crippen MR) is 202 cm³/mol. The zero-order valence-corrected chi connectivity index (χ0v) is 33.1. The summed E-state index contributed by atoms with van der Waals surface area (Å²) in [6.45, 7) is 13.5. The van der Waals surface area contributed by atoms with Crippen molar-refractivity contribution in [3.05, 3.63) is 29.8 Å². The highest BCUT2D eigenvalue weighted by molar-refractivity contribution is 5.89. The van der Waals surface area contributed by atoms with Crippen LogP contribution in [0, 0.1) is 0 Å². The molecule has 1 aromatic rings. The van der Waals surface area contributed by atoms with Crippen molar-refractivity contribution in [1.29, 1.82) is 0 Å². The van der Waals surface area contributed by atoms with Gasteiger partial charge in [0.05, 0.1) is 165 Å². The lowest BCUT2D eigenvalue weighted by Gasteiger charge is -2.09. The van der Waals surface area contributed by atoms with Crippen LogP contribution in [0.4, 0.5) is 5.69 Å². The largest absolute Gasteiger partial charge is 0.467 e. The van der Waals surface area contributed by atoms with Gasteiger partial charge in [-0.1, -0.05) is 13.3 Å². The summed E-state index contributed by atoms with van der Waals surface area (Å²) >= 11 is 0. The molecule has 55 heavy (non-hydrogen) atoms. The van der Waals surface area contributed by atoms with Crippen molar-refractivity contribution in [2.24, 2.45) is 0 Å². The summed E-state index contributed by atoms with van der Waals surface area (Å²) in [4.78, 5) is 23.0. The van der Waals surface area contributed by atoms with Gasteiger partial charge in [0.15, 0.2) is 0 Å². The van der Waals surface area contributed by atoms with E-state index in [1.807, 2.05) is 12.1 Å². The number of anilines is 1. The van der Waals surface area contributed by atoms with E-state index in [9.17, 15) is 9.59 Å². The molecule has 0 atom stereocenters. The van der Waals surface area contributed by atoms with Crippen molar-refractivity contribution in [3.63, 3.8) is 0 Å². The van der Waals surface area contributed by atoms with Crippen LogP contribution in [0.3, 0.4) is 0 Å². The zero-order valence-electron chi connectivity index (χ0n) is 33.1. The minimum Gasteiger partial charge on any atom is -0.467 e. The first-order valence-electron chi connectivity index (χ1n) is 19.2. The van der Waals surface area contributed by atoms with Crippen LogP contribution in [0.1, 0.15) is 30.1 Å². The fourth-order valence-electron chi connectivity index (χ4n) is 4.04. The number of methoxy groups -OCH3 is 1. The molecule has 0 amide bonds. The van der Waals surface area contributed by atoms with Crippen LogP contribution >= 0.6 is 0 Å². The highest BCUT2D eigenvalue weighted by atomic mass is 16.6. The number of benzene rings is 1. The molecule has 0 heterocycles. The van der Waals surface area contributed by atoms with Gasteiger partial charge < -0.3 is 71.6 Å². The Kier molecular flexibility index (Phi) is 37.8. The van der Waals surface area contributed by atoms with Gasteiger partial charge in [-0.15, -0.1) is 0 Å². The van der Waals surface area contributed by atoms with Gasteiger partial charge in [-0.05, 0) is 30.7 Å². The van der Waals surface area contributed by atoms with E-state index in [1.54, 1.807) is 12.1 Å². The van der Waals surface area contributed by atoms with Gasteiger partial charge >= 0.3 is 11.9 Å². The molecule has 17 heteroatoms. The van der Waals surface area contributed by atoms with Gasteiger partial charge in [-0.25, -0.2) is 9.59 Å². The maximum atomic E-state index is 12.1. The Morgan fingerprint density at radius 2 is 0.764 bits per heavy atom. The predicted octanol–water partition coefficient (Wildman–Crippen LogP) is 2.43. The highest BCUT2D eigenvalue weighted by Crippen LogP contribution is 2.11. The molecule has 0 aliphatic heterocycles. The third-order valence-electron chi connectivity index (χ3n) is 6.98. The Labute approximate surface area is 327 Å². The second-order valence-electron chi connectivity index (χ2n) is 11.4. The highest BCUT2D eigenvalue weighted by Gasteiger charge is 2.07. The Bertz CT molecular complexity index is 974. The van der Waals surface area contributed by atoms with Gasteiger partial charge in [0.1, 0.15) is 13.2 Å². The number of rotatable bonds is 43. The lowest BCUT2D eigenvalue weighted by molar-refractivity contribution is -0.146. The topological polar surface area (TPSA) is 175 Å². The van der Waals surface area contributed by atoms with E-state index in [4.69, 9.17) is 61.6 Å². The fourth-order valence-corrected chi connectivity index (χ4v) is 4.04. The fraction of sp³-hybridized carbons (Fsp3) is 0.789. The molecule has 17 nitrogen and oxygen atoms in total. The second-order valence-corrected chi connectivity index (χ2v) is 11.4. The molecule has 0 saturated carbocycles. The molecule has 0 bridgehead atoms. The molecule has 1 rings (SSSR count). The molecule has 0 spiro atoms. The molecular weight excluding hydrogens is 726 g/mol. The summed E-state index contributed by atoms with van der Waals surface area (Å²) in [5, 5.41) is 3.32. The maximum absolute atomic E-state index is 12.1. The first kappa shape index (κ1) is 50.5. The van der Waals surface area contributed by atoms with E-state index < -0.39 is 5.97 Å². The van der Waals surface area contributed by atoms with E-state index in [2.05, 4.69) is 17.0 Å². The summed E-state index contributed by atoms with van der Waals surface area (Å²) in [6, 6.07) is 7.28. The van der Waals surface area contributed by atoms with Gasteiger partial charge in [0, 0.05) is 12.2 Å². The van der Waals surface area contributed by atoms with Crippen molar-refractivity contribution in [1.82, 2.24) is 0 Å². The summed E-state index contributed by atoms with van der Waals surface area (Å²) in [7, 11) is 1.31. The van der Waals surface area contributed by atoms with Crippen molar-refractivity contribution < 1.29 is 75.9 Å². The smallest absolute Gasteiger partial charge is 0.338 e. The Morgan fingerprint density at radius 3 is 1.07 bits per heavy atom. The number of carbonyl (C=O) groups excluding carboxylic acids is 2. The van der Waals surface area contributed by atoms with Crippen molar-refractivity contribution >= 4 is 17.6 Å². The Balaban J connectivity index is 1.67. The number of nitrogens with one attached hydrogen (secondary N) is 1. The van der Waals surface area contributed by atoms with Gasteiger partial charge in [0.25, 0.3) is 0 Å². The van der Waals surface area contributed by atoms with E-state index in [1.165, 1.54) is 7.11 Å². The third-order valence-corrected chi connectivity index (χ3v) is 6.98. The molecule has 0 unspecified atom stereocenters. The van der Waals surface area contributed by atoms with Crippen molar-refractivity contribution in [3.8, 4) is 0 Å². The maximum Gasteiger partial charge on any atom is 0.338 e. The van der Waals surface area contributed by atoms with E-state index >= 15 is 0 Å². The molecule has 1 N–H and O–H groups in total. The molecule has 0 aliphatic carbocycles. The minimum atomic E-state index is -0.412. The number of hydrogen-bond donors (Lipinski definition) is 1. The molecule has 0 fully saturated rings. The average molecular weight is 794 g/mol. The molecular formula is C38H67NO16. The van der Waals surface area contributed by atoms with Gasteiger partial charge in [-0.3, -0.25) is 0 Å². The van der Waals surface area contributed by atoms with Crippen LogP contribution in [0.5, 0.6) is 0 Å². The summed E-state index contributed by atoms with van der Waals surface area (Å²) in [5.74, 6) is -0.778. The summed E-state index contributed by atoms with van der Waals surface area (Å²) in [6.07, 6.45) is 2.24. The SMILES string of the molecule is CCCCNc1ccc(C(=O)OCCOCCOCCOCCOCCOCCOCCOCCOCCOCCOCCOCCOCC(=O)OC)cc1. The monoisotopic (exact) mass is 793 g/mol. The molecule has 0 radical (unpaired) electrons. The first-order chi connectivity index (χ1) is 27.2. The van der Waals surface area contributed by atoms with Crippen LogP contribution in [0.25, 0.3) is 0 Å². The van der Waals surface area contributed by atoms with Crippen LogP contribution in [-0.2, 0) is 71.1 Å². The summed E-state index contributed by atoms with van der Waals surface area (Å²) < 4.78 is 74.8. The van der Waals surface area contributed by atoms with Gasteiger partial charge in [-0.2, -0.15) is 0 Å². The van der Waals surface area contributed by atoms with Crippen LogP contribution in [0.2, 0.25) is 0 Å². The summed E-state index contributed by atoms with van der Waals surface area (Å²) in [5.41, 5.74) is 1.51. The normalized spacial score (nSPS) is 11.2. The van der Waals surface area contributed by atoms with Crippen molar-refractivity contribution in [2.75, 3.05) is 184 Å². The Hall–Kier alpha value is -2.52. The number of carbonyl (C=O) groups is 2. The second kappa shape index (κ2) is 41.1. The number of unbranched alkanes of at least 4 members (excludes halogenated alkanes) is 1. The third kappa shape index (κ3) is 35.6. The first-order valence-corrected chi connectivity index (χ1v) is 19.2. The lowest BCUT2D eigenvalue weighted by atomic mass is 10.2. The van der Waals surface area contributed by atoms with Gasteiger partial charge in [0.2, 0.25) is 0 Å². The van der Waals surface area contributed by atoms with E-state index in [0.717, 1.165) is 25.1 Å². The van der Waals surface area contributed by atoms with E-state index in [-0.39, 0.29) is 19.2 Å². The number of ether oxygens (including phenoxy) is 14. The zero-order chi connectivity index (χ0) is 39.5. The van der Waals surface area contributed by atoms with E-state index in [0.29, 0.717) is 158 Å². The molecule has 0 saturated heterocycles. The molecule has 0 aromatic heterocycles. The number of esters is 2. The number of hydrogen-bond acceptors (Lipinski definition) is 17. The minimum absolute atomic E-state index is 0.0759. The van der Waals surface area contributed by atoms with Crippen LogP contribution < -0.4 is 5.32 Å². The van der Waals surface area contributed by atoms with Crippen LogP contribution in [0.15, 0.2) is 24.3 Å². The standard InChI is InChI=1S/C38H67NO16/c1-3-4-9-39-36-7-5-35(6-8-36)38(41)55-33-32-53-29-28-51-25-24-49-21-20-47-17-16-45-13-12-43-10-11-44-14-15-46-18-19-48-22-23-50-26-27-52-30-31-54-34-37(40)42-2/h5-8,39H,3-4,9-34H2,1-2H3. The lowest BCUT2D eigenvalue weighted by Crippen LogP contribution is -2.16. The molecule has 320 valence electrons. The quantitative estimate of drug-likeness (QED) is 0.0753. The average Bonchev–Trinajstić information content (AvgIpc) is 3.20.